The number of carbonyl (C=O) groups is 2. The van der Waals surface area contributed by atoms with E-state index in [2.05, 4.69) is 11.4 Å². The average Bonchev–Trinajstić information content (AvgIpc) is 2.68. The molecular formula is C22H24N2O4. The van der Waals surface area contributed by atoms with E-state index in [1.807, 2.05) is 41.3 Å². The molecule has 0 unspecified atom stereocenters. The smallest absolute Gasteiger partial charge is 0.221 e. The first-order valence-electron chi connectivity index (χ1n) is 9.54. The summed E-state index contributed by atoms with van der Waals surface area (Å²) in [7, 11) is 0. The summed E-state index contributed by atoms with van der Waals surface area (Å²) in [5.41, 5.74) is 3.83. The van der Waals surface area contributed by atoms with Crippen LogP contribution in [0, 0.1) is 0 Å². The first-order chi connectivity index (χ1) is 13.4. The Morgan fingerprint density at radius 3 is 2.50 bits per heavy atom. The largest absolute Gasteiger partial charge is 0.462 e. The van der Waals surface area contributed by atoms with Gasteiger partial charge in [0.05, 0.1) is 6.61 Å². The predicted molar refractivity (Wildman–Crippen MR) is 106 cm³/mol. The van der Waals surface area contributed by atoms with E-state index in [4.69, 9.17) is 9.47 Å². The van der Waals surface area contributed by atoms with Crippen LogP contribution in [0.15, 0.2) is 42.5 Å². The summed E-state index contributed by atoms with van der Waals surface area (Å²) in [4.78, 5) is 24.7. The maximum absolute atomic E-state index is 11.5. The van der Waals surface area contributed by atoms with Gasteiger partial charge in [0, 0.05) is 51.0 Å². The molecule has 6 heteroatoms. The topological polar surface area (TPSA) is 67.9 Å². The zero-order valence-corrected chi connectivity index (χ0v) is 16.2. The molecule has 2 aliphatic rings. The van der Waals surface area contributed by atoms with E-state index in [1.165, 1.54) is 6.92 Å². The maximum Gasteiger partial charge on any atom is 0.221 e. The summed E-state index contributed by atoms with van der Waals surface area (Å²) in [6.07, 6.45) is 1.35. The van der Waals surface area contributed by atoms with E-state index in [9.17, 15) is 9.59 Å². The van der Waals surface area contributed by atoms with Crippen molar-refractivity contribution in [2.45, 2.75) is 39.1 Å². The van der Waals surface area contributed by atoms with Crippen molar-refractivity contribution in [2.24, 2.45) is 0 Å². The van der Waals surface area contributed by atoms with Crippen molar-refractivity contribution in [2.75, 3.05) is 18.4 Å². The lowest BCUT2D eigenvalue weighted by atomic mass is 9.99. The highest BCUT2D eigenvalue weighted by Gasteiger charge is 2.41. The zero-order valence-electron chi connectivity index (χ0n) is 16.2. The van der Waals surface area contributed by atoms with E-state index in [0.717, 1.165) is 28.1 Å². The minimum Gasteiger partial charge on any atom is -0.462 e. The monoisotopic (exact) mass is 380 g/mol. The lowest BCUT2D eigenvalue weighted by Crippen LogP contribution is -2.52. The van der Waals surface area contributed by atoms with Crippen molar-refractivity contribution < 1.29 is 19.1 Å². The van der Waals surface area contributed by atoms with Gasteiger partial charge in [0.15, 0.2) is 0 Å². The Kier molecular flexibility index (Phi) is 4.81. The van der Waals surface area contributed by atoms with Gasteiger partial charge in [-0.15, -0.1) is 0 Å². The minimum atomic E-state index is -0.633. The van der Waals surface area contributed by atoms with E-state index in [1.54, 1.807) is 6.92 Å². The molecule has 0 aliphatic carbocycles. The molecule has 2 amide bonds. The summed E-state index contributed by atoms with van der Waals surface area (Å²) < 4.78 is 12.3. The van der Waals surface area contributed by atoms with Crippen molar-refractivity contribution in [3.05, 3.63) is 48.0 Å². The van der Waals surface area contributed by atoms with Crippen LogP contribution in [0.25, 0.3) is 11.1 Å². The molecule has 1 fully saturated rings. The number of likely N-dealkylation sites (tertiary alicyclic amines) is 1. The third-order valence-electron chi connectivity index (χ3n) is 5.33. The molecule has 1 N–H and O–H groups in total. The fourth-order valence-corrected chi connectivity index (χ4v) is 3.80. The first kappa shape index (κ1) is 18.5. The van der Waals surface area contributed by atoms with Crippen molar-refractivity contribution in [1.82, 2.24) is 4.90 Å². The summed E-state index contributed by atoms with van der Waals surface area (Å²) in [5, 5.41) is 2.81. The minimum absolute atomic E-state index is 0.0921. The van der Waals surface area contributed by atoms with Crippen LogP contribution in [0.2, 0.25) is 0 Å². The molecule has 1 spiro atoms. The Morgan fingerprint density at radius 2 is 1.79 bits per heavy atom. The van der Waals surface area contributed by atoms with Crippen molar-refractivity contribution in [3.8, 4) is 16.9 Å². The van der Waals surface area contributed by atoms with E-state index >= 15 is 0 Å². The fourth-order valence-electron chi connectivity index (χ4n) is 3.80. The second-order valence-electron chi connectivity index (χ2n) is 7.39. The number of hydrogen-bond acceptors (Lipinski definition) is 4. The number of rotatable bonds is 2. The van der Waals surface area contributed by atoms with Crippen LogP contribution in [0.4, 0.5) is 5.69 Å². The number of anilines is 1. The van der Waals surface area contributed by atoms with Gasteiger partial charge < -0.3 is 19.7 Å². The second kappa shape index (κ2) is 7.28. The highest BCUT2D eigenvalue weighted by atomic mass is 16.7. The van der Waals surface area contributed by atoms with Crippen LogP contribution in [0.1, 0.15) is 32.3 Å². The molecule has 0 aromatic heterocycles. The van der Waals surface area contributed by atoms with Gasteiger partial charge in [-0.2, -0.15) is 0 Å². The molecule has 2 aromatic carbocycles. The maximum atomic E-state index is 11.5. The highest BCUT2D eigenvalue weighted by Crippen LogP contribution is 2.39. The van der Waals surface area contributed by atoms with Crippen molar-refractivity contribution in [1.29, 1.82) is 0 Å². The summed E-state index contributed by atoms with van der Waals surface area (Å²) in [6.45, 7) is 4.88. The standard InChI is InChI=1S/C22H24N2O4/c1-15(25)23-20-5-3-4-17(13-20)18-6-7-21-19(12-18)14-27-22(28-21)8-10-24(11-9-22)16(2)26/h3-7,12-13H,8-11,14H2,1-2H3,(H,23,25). The average molecular weight is 380 g/mol. The molecule has 6 nitrogen and oxygen atoms in total. The fraction of sp³-hybridized carbons (Fsp3) is 0.364. The van der Waals surface area contributed by atoms with Crippen LogP contribution in [-0.2, 0) is 20.9 Å². The van der Waals surface area contributed by atoms with Gasteiger partial charge in [-0.05, 0) is 35.4 Å². The predicted octanol–water partition coefficient (Wildman–Crippen LogP) is 3.56. The van der Waals surface area contributed by atoms with Crippen LogP contribution in [0.3, 0.4) is 0 Å². The third kappa shape index (κ3) is 3.73. The van der Waals surface area contributed by atoms with Crippen LogP contribution in [0.5, 0.6) is 5.75 Å². The molecule has 0 saturated carbocycles. The number of fused-ring (bicyclic) bond motifs is 1. The zero-order chi connectivity index (χ0) is 19.7. The lowest BCUT2D eigenvalue weighted by Gasteiger charge is -2.43. The van der Waals surface area contributed by atoms with Crippen LogP contribution in [-0.4, -0.2) is 35.6 Å². The van der Waals surface area contributed by atoms with Gasteiger partial charge in [-0.3, -0.25) is 9.59 Å². The first-order valence-corrected chi connectivity index (χ1v) is 9.54. The van der Waals surface area contributed by atoms with Gasteiger partial charge in [-0.25, -0.2) is 0 Å². The molecule has 146 valence electrons. The Bertz CT molecular complexity index is 917. The number of carbonyl (C=O) groups excluding carboxylic acids is 2. The van der Waals surface area contributed by atoms with Crippen molar-refractivity contribution in [3.63, 3.8) is 0 Å². The van der Waals surface area contributed by atoms with Gasteiger partial charge in [0.25, 0.3) is 0 Å². The van der Waals surface area contributed by atoms with Gasteiger partial charge in [0.1, 0.15) is 5.75 Å². The normalized spacial score (nSPS) is 17.6. The number of benzene rings is 2. The Hall–Kier alpha value is -2.86. The Morgan fingerprint density at radius 1 is 1.04 bits per heavy atom. The number of hydrogen-bond donors (Lipinski definition) is 1. The van der Waals surface area contributed by atoms with Gasteiger partial charge >= 0.3 is 0 Å². The lowest BCUT2D eigenvalue weighted by molar-refractivity contribution is -0.227. The molecule has 0 bridgehead atoms. The molecule has 28 heavy (non-hydrogen) atoms. The molecule has 2 aromatic rings. The Labute approximate surface area is 164 Å². The molecule has 2 heterocycles. The van der Waals surface area contributed by atoms with Crippen molar-refractivity contribution >= 4 is 17.5 Å². The quantitative estimate of drug-likeness (QED) is 0.865. The SMILES string of the molecule is CC(=O)Nc1cccc(-c2ccc3c(c2)COC2(CCN(C(C)=O)CC2)O3)c1. The summed E-state index contributed by atoms with van der Waals surface area (Å²) in [6, 6.07) is 13.8. The molecule has 1 saturated heterocycles. The van der Waals surface area contributed by atoms with E-state index in [-0.39, 0.29) is 11.8 Å². The molecule has 4 rings (SSSR count). The third-order valence-corrected chi connectivity index (χ3v) is 5.33. The number of nitrogens with zero attached hydrogens (tertiary/aromatic N) is 1. The molecular weight excluding hydrogens is 356 g/mol. The second-order valence-corrected chi connectivity index (χ2v) is 7.39. The van der Waals surface area contributed by atoms with E-state index < -0.39 is 5.79 Å². The number of amides is 2. The summed E-state index contributed by atoms with van der Waals surface area (Å²) in [5.74, 6) is 0.207. The summed E-state index contributed by atoms with van der Waals surface area (Å²) >= 11 is 0. The number of piperidine rings is 1. The number of ether oxygens (including phenoxy) is 2. The molecule has 0 atom stereocenters. The Balaban J connectivity index is 1.52. The molecule has 2 aliphatic heterocycles. The highest BCUT2D eigenvalue weighted by molar-refractivity contribution is 5.89. The van der Waals surface area contributed by atoms with Crippen LogP contribution < -0.4 is 10.1 Å². The van der Waals surface area contributed by atoms with Gasteiger partial charge in [-0.1, -0.05) is 18.2 Å². The molecule has 0 radical (unpaired) electrons. The van der Waals surface area contributed by atoms with E-state index in [0.29, 0.717) is 32.5 Å². The number of nitrogens with one attached hydrogen (secondary N) is 1. The van der Waals surface area contributed by atoms with Gasteiger partial charge in [0.2, 0.25) is 17.6 Å². The van der Waals surface area contributed by atoms with Crippen LogP contribution >= 0.6 is 0 Å².